The molecule has 0 amide bonds. The highest BCUT2D eigenvalue weighted by Crippen LogP contribution is 2.62. The molecular formula is C54H32N2O. The molecule has 3 heteroatoms. The van der Waals surface area contributed by atoms with Gasteiger partial charge in [-0.3, -0.25) is 4.57 Å². The zero-order valence-electron chi connectivity index (χ0n) is 30.8. The van der Waals surface area contributed by atoms with Crippen LogP contribution in [0.4, 0.5) is 0 Å². The van der Waals surface area contributed by atoms with Gasteiger partial charge in [0.1, 0.15) is 17.3 Å². The van der Waals surface area contributed by atoms with Gasteiger partial charge in [-0.25, -0.2) is 4.98 Å². The van der Waals surface area contributed by atoms with Crippen LogP contribution in [0.2, 0.25) is 0 Å². The highest BCUT2D eigenvalue weighted by molar-refractivity contribution is 6.19. The molecule has 264 valence electrons. The first-order valence-corrected chi connectivity index (χ1v) is 19.6. The van der Waals surface area contributed by atoms with Crippen molar-refractivity contribution >= 4 is 54.1 Å². The van der Waals surface area contributed by atoms with E-state index in [1.165, 1.54) is 43.8 Å². The predicted octanol–water partition coefficient (Wildman–Crippen LogP) is 13.8. The van der Waals surface area contributed by atoms with Crippen molar-refractivity contribution < 1.29 is 4.74 Å². The Labute approximate surface area is 328 Å². The largest absolute Gasteiger partial charge is 0.457 e. The van der Waals surface area contributed by atoms with Gasteiger partial charge in [0.15, 0.2) is 0 Å². The summed E-state index contributed by atoms with van der Waals surface area (Å²) in [6.07, 6.45) is 0. The monoisotopic (exact) mass is 724 g/mol. The number of ether oxygens (including phenoxy) is 1. The Kier molecular flexibility index (Phi) is 6.10. The van der Waals surface area contributed by atoms with Crippen LogP contribution < -0.4 is 4.74 Å². The summed E-state index contributed by atoms with van der Waals surface area (Å²) in [6.45, 7) is 0. The van der Waals surface area contributed by atoms with Gasteiger partial charge in [0, 0.05) is 38.2 Å². The molecule has 3 heterocycles. The molecule has 0 fully saturated rings. The van der Waals surface area contributed by atoms with E-state index in [-0.39, 0.29) is 0 Å². The standard InChI is InChI=1S/C54H32N2O/c1-2-15-35-29-37(26-25-33(35)13-1)52-38-17-5-4-16-36(38)30-51(55-52)56-48-32-47-50(31-43(48)42-28-27-34-14-3-6-18-39(34)53(42)56)57-49-24-12-11-23-46(49)54(47)44-21-9-7-19-40(44)41-20-8-10-22-45(41)54/h1-32H. The van der Waals surface area contributed by atoms with E-state index in [0.717, 1.165) is 72.3 Å². The minimum atomic E-state index is -0.581. The molecule has 0 bridgehead atoms. The van der Waals surface area contributed by atoms with E-state index in [9.17, 15) is 0 Å². The fourth-order valence-corrected chi connectivity index (χ4v) is 10.2. The second-order valence-electron chi connectivity index (χ2n) is 15.4. The molecule has 0 atom stereocenters. The van der Waals surface area contributed by atoms with Crippen molar-refractivity contribution in [3.63, 3.8) is 0 Å². The quantitative estimate of drug-likeness (QED) is 0.177. The lowest BCUT2D eigenvalue weighted by Gasteiger charge is -2.39. The van der Waals surface area contributed by atoms with Crippen LogP contribution in [0.5, 0.6) is 11.5 Å². The molecule has 1 spiro atoms. The Morgan fingerprint density at radius 1 is 0.404 bits per heavy atom. The van der Waals surface area contributed by atoms with E-state index in [1.807, 2.05) is 0 Å². The number of fused-ring (bicyclic) bond motifs is 16. The Bertz CT molecular complexity index is 3470. The van der Waals surface area contributed by atoms with Crippen LogP contribution in [0.25, 0.3) is 82.3 Å². The number of pyridine rings is 1. The van der Waals surface area contributed by atoms with E-state index in [1.54, 1.807) is 0 Å². The van der Waals surface area contributed by atoms with E-state index >= 15 is 0 Å². The third-order valence-electron chi connectivity index (χ3n) is 12.6. The summed E-state index contributed by atoms with van der Waals surface area (Å²) >= 11 is 0. The average molecular weight is 725 g/mol. The molecule has 3 nitrogen and oxygen atoms in total. The van der Waals surface area contributed by atoms with Crippen LogP contribution in [0, 0.1) is 0 Å². The number of benzene rings is 9. The average Bonchev–Trinajstić information content (AvgIpc) is 3.76. The molecule has 13 rings (SSSR count). The summed E-state index contributed by atoms with van der Waals surface area (Å²) in [7, 11) is 0. The maximum absolute atomic E-state index is 7.00. The summed E-state index contributed by atoms with van der Waals surface area (Å²) in [6, 6.07) is 70.6. The van der Waals surface area contributed by atoms with E-state index in [2.05, 4.69) is 199 Å². The maximum Gasteiger partial charge on any atom is 0.138 e. The van der Waals surface area contributed by atoms with Gasteiger partial charge in [-0.05, 0) is 74.1 Å². The highest BCUT2D eigenvalue weighted by atomic mass is 16.5. The summed E-state index contributed by atoms with van der Waals surface area (Å²) in [5.74, 6) is 2.65. The third kappa shape index (κ3) is 4.07. The van der Waals surface area contributed by atoms with Gasteiger partial charge in [-0.15, -0.1) is 0 Å². The molecule has 0 radical (unpaired) electrons. The van der Waals surface area contributed by atoms with Crippen LogP contribution in [-0.4, -0.2) is 9.55 Å². The number of aromatic nitrogens is 2. The van der Waals surface area contributed by atoms with Gasteiger partial charge in [0.05, 0.1) is 22.1 Å². The molecule has 11 aromatic rings. The van der Waals surface area contributed by atoms with Gasteiger partial charge < -0.3 is 4.74 Å². The van der Waals surface area contributed by atoms with Gasteiger partial charge in [-0.2, -0.15) is 0 Å². The smallest absolute Gasteiger partial charge is 0.138 e. The van der Waals surface area contributed by atoms with Gasteiger partial charge in [-0.1, -0.05) is 164 Å². The molecule has 0 saturated heterocycles. The molecule has 2 aliphatic rings. The number of nitrogens with zero attached hydrogens (tertiary/aromatic N) is 2. The van der Waals surface area contributed by atoms with Crippen molar-refractivity contribution in [1.29, 1.82) is 0 Å². The van der Waals surface area contributed by atoms with Crippen molar-refractivity contribution in [1.82, 2.24) is 9.55 Å². The lowest BCUT2D eigenvalue weighted by atomic mass is 9.66. The second-order valence-corrected chi connectivity index (χ2v) is 15.4. The molecule has 0 unspecified atom stereocenters. The molecule has 1 aliphatic heterocycles. The maximum atomic E-state index is 7.00. The minimum absolute atomic E-state index is 0.581. The van der Waals surface area contributed by atoms with Gasteiger partial charge in [0.2, 0.25) is 0 Å². The van der Waals surface area contributed by atoms with Crippen molar-refractivity contribution in [2.24, 2.45) is 0 Å². The van der Waals surface area contributed by atoms with E-state index < -0.39 is 5.41 Å². The second kappa shape index (κ2) is 11.3. The number of rotatable bonds is 2. The highest BCUT2D eigenvalue weighted by Gasteiger charge is 2.51. The van der Waals surface area contributed by atoms with E-state index in [4.69, 9.17) is 9.72 Å². The molecule has 0 N–H and O–H groups in total. The van der Waals surface area contributed by atoms with Gasteiger partial charge >= 0.3 is 0 Å². The summed E-state index contributed by atoms with van der Waals surface area (Å²) < 4.78 is 9.42. The number of para-hydroxylation sites is 1. The van der Waals surface area contributed by atoms with Crippen LogP contribution >= 0.6 is 0 Å². The van der Waals surface area contributed by atoms with Crippen molar-refractivity contribution in [3.05, 3.63) is 216 Å². The van der Waals surface area contributed by atoms with Gasteiger partial charge in [0.25, 0.3) is 0 Å². The SMILES string of the molecule is c1ccc2c(c1)Oc1cc3c4ccc5ccccc5c4n(-c4cc5ccccc5c(-c5ccc6ccccc6c5)n4)c3cc1C21c2ccccc2-c2ccccc21. The van der Waals surface area contributed by atoms with Crippen molar-refractivity contribution in [2.45, 2.75) is 5.41 Å². The van der Waals surface area contributed by atoms with Crippen molar-refractivity contribution in [3.8, 4) is 39.7 Å². The minimum Gasteiger partial charge on any atom is -0.457 e. The third-order valence-corrected chi connectivity index (χ3v) is 12.6. The molecular weight excluding hydrogens is 693 g/mol. The first-order chi connectivity index (χ1) is 28.3. The Balaban J connectivity index is 1.19. The normalized spacial score (nSPS) is 13.5. The molecule has 1 aliphatic carbocycles. The topological polar surface area (TPSA) is 27.1 Å². The number of hydrogen-bond acceptors (Lipinski definition) is 2. The molecule has 9 aromatic carbocycles. The Morgan fingerprint density at radius 3 is 1.84 bits per heavy atom. The lowest BCUT2D eigenvalue weighted by Crippen LogP contribution is -2.32. The van der Waals surface area contributed by atoms with Crippen LogP contribution in [0.1, 0.15) is 22.3 Å². The number of hydrogen-bond donors (Lipinski definition) is 0. The van der Waals surface area contributed by atoms with Crippen LogP contribution in [-0.2, 0) is 5.41 Å². The predicted molar refractivity (Wildman–Crippen MR) is 234 cm³/mol. The van der Waals surface area contributed by atoms with Crippen LogP contribution in [0.15, 0.2) is 194 Å². The fraction of sp³-hybridized carbons (Fsp3) is 0.0185. The Hall–Kier alpha value is -7.49. The van der Waals surface area contributed by atoms with Crippen LogP contribution in [0.3, 0.4) is 0 Å². The zero-order valence-corrected chi connectivity index (χ0v) is 30.8. The zero-order chi connectivity index (χ0) is 37.2. The molecule has 57 heavy (non-hydrogen) atoms. The summed E-state index contributed by atoms with van der Waals surface area (Å²) in [5, 5.41) is 9.35. The van der Waals surface area contributed by atoms with Crippen molar-refractivity contribution in [2.75, 3.05) is 0 Å². The summed E-state index contributed by atoms with van der Waals surface area (Å²) in [4.78, 5) is 5.67. The first-order valence-electron chi connectivity index (χ1n) is 19.6. The molecule has 0 saturated carbocycles. The van der Waals surface area contributed by atoms with E-state index in [0.29, 0.717) is 0 Å². The lowest BCUT2D eigenvalue weighted by molar-refractivity contribution is 0.437. The Morgan fingerprint density at radius 2 is 1.04 bits per heavy atom. The summed E-state index contributed by atoms with van der Waals surface area (Å²) in [5.41, 5.74) is 11.1. The molecule has 2 aromatic heterocycles. The fourth-order valence-electron chi connectivity index (χ4n) is 10.2. The first kappa shape index (κ1) is 30.8.